The number of carbonyl (C=O) groups is 1. The average molecular weight is 559 g/mol. The summed E-state index contributed by atoms with van der Waals surface area (Å²) >= 11 is 0. The summed E-state index contributed by atoms with van der Waals surface area (Å²) < 4.78 is 129. The molecule has 204 valence electrons. The third-order valence-corrected chi connectivity index (χ3v) is 7.10. The Morgan fingerprint density at radius 2 is 1.70 bits per heavy atom. The summed E-state index contributed by atoms with van der Waals surface area (Å²) in [6.45, 7) is 0.283. The molecule has 2 unspecified atom stereocenters. The fourth-order valence-electron chi connectivity index (χ4n) is 3.14. The van der Waals surface area contributed by atoms with Gasteiger partial charge in [-0.15, -0.1) is 0 Å². The Kier molecular flexibility index (Phi) is 7.31. The molecule has 0 aromatic heterocycles. The lowest BCUT2D eigenvalue weighted by Crippen LogP contribution is -2.56. The highest BCUT2D eigenvalue weighted by molar-refractivity contribution is 7.92. The van der Waals surface area contributed by atoms with Crippen molar-refractivity contribution in [2.45, 2.75) is 48.8 Å². The Labute approximate surface area is 206 Å². The Morgan fingerprint density at radius 1 is 1.11 bits per heavy atom. The molecule has 3 rings (SSSR count). The van der Waals surface area contributed by atoms with Crippen LogP contribution in [0, 0.1) is 5.82 Å². The lowest BCUT2D eigenvalue weighted by molar-refractivity contribution is -0.242. The number of alkyl halides is 6. The van der Waals surface area contributed by atoms with Crippen molar-refractivity contribution in [2.75, 3.05) is 16.2 Å². The fourth-order valence-corrected chi connectivity index (χ4v) is 4.62. The van der Waals surface area contributed by atoms with Gasteiger partial charge in [-0.1, -0.05) is 0 Å². The first-order valence-corrected chi connectivity index (χ1v) is 11.7. The van der Waals surface area contributed by atoms with E-state index in [1.165, 1.54) is 0 Å². The molecule has 0 aliphatic carbocycles. The smallest absolute Gasteiger partial charge is 0.427 e. The number of hydrogen-bond donors (Lipinski definition) is 2. The van der Waals surface area contributed by atoms with Gasteiger partial charge in [-0.2, -0.15) is 26.3 Å². The van der Waals surface area contributed by atoms with Gasteiger partial charge in [0.2, 0.25) is 5.60 Å². The predicted molar refractivity (Wildman–Crippen MR) is 116 cm³/mol. The Balaban J connectivity index is 2.01. The molecule has 1 aliphatic rings. The third kappa shape index (κ3) is 6.01. The minimum Gasteiger partial charge on any atom is -0.484 e. The van der Waals surface area contributed by atoms with Crippen LogP contribution in [0.4, 0.5) is 46.9 Å². The zero-order chi connectivity index (χ0) is 28.0. The molecule has 1 aliphatic heterocycles. The molecular formula is C21H20F7N3O5S. The second-order valence-corrected chi connectivity index (χ2v) is 10.3. The Hall–Kier alpha value is -3.27. The standard InChI is InChI=1S/C21H20F7N3O5S/c1-19(2,21(26,27)28)36-18(32)30-12-5-8-15-14(9-12)31(10-16(35-15)17(29)20(23,24)25)37(33,34)13-6-3-11(22)4-7-13/h3-9,16-17H,10,29H2,1-2H3,(H,30,32). The summed E-state index contributed by atoms with van der Waals surface area (Å²) in [6, 6.07) is 3.83. The third-order valence-electron chi connectivity index (χ3n) is 5.31. The monoisotopic (exact) mass is 559 g/mol. The number of amides is 1. The Bertz CT molecular complexity index is 1260. The number of benzene rings is 2. The van der Waals surface area contributed by atoms with E-state index in [1.54, 1.807) is 0 Å². The van der Waals surface area contributed by atoms with E-state index in [9.17, 15) is 43.9 Å². The van der Waals surface area contributed by atoms with Crippen LogP contribution in [-0.4, -0.2) is 51.2 Å². The summed E-state index contributed by atoms with van der Waals surface area (Å²) in [5, 5.41) is 2.01. The van der Waals surface area contributed by atoms with Gasteiger partial charge in [0.25, 0.3) is 10.0 Å². The number of ether oxygens (including phenoxy) is 2. The van der Waals surface area contributed by atoms with Crippen LogP contribution in [0.25, 0.3) is 0 Å². The van der Waals surface area contributed by atoms with Crippen molar-refractivity contribution in [2.24, 2.45) is 5.73 Å². The van der Waals surface area contributed by atoms with Crippen molar-refractivity contribution in [3.63, 3.8) is 0 Å². The van der Waals surface area contributed by atoms with Crippen LogP contribution < -0.4 is 20.1 Å². The number of sulfonamides is 1. The summed E-state index contributed by atoms with van der Waals surface area (Å²) in [4.78, 5) is 11.6. The van der Waals surface area contributed by atoms with E-state index in [4.69, 9.17) is 10.5 Å². The van der Waals surface area contributed by atoms with E-state index in [-0.39, 0.29) is 17.1 Å². The maximum atomic E-state index is 13.3. The number of nitrogens with two attached hydrogens (primary N) is 1. The number of anilines is 2. The SMILES string of the molecule is CC(C)(OC(=O)Nc1ccc2c(c1)N(S(=O)(=O)c1ccc(F)cc1)CC(C(N)C(F)(F)F)O2)C(F)(F)F. The highest BCUT2D eigenvalue weighted by Crippen LogP contribution is 2.41. The minimum absolute atomic E-state index is 0.261. The molecule has 0 saturated heterocycles. The van der Waals surface area contributed by atoms with Crippen molar-refractivity contribution in [1.82, 2.24) is 0 Å². The van der Waals surface area contributed by atoms with E-state index >= 15 is 0 Å². The first-order chi connectivity index (χ1) is 16.8. The second-order valence-electron chi connectivity index (χ2n) is 8.42. The van der Waals surface area contributed by atoms with Gasteiger partial charge in [-0.05, 0) is 56.3 Å². The van der Waals surface area contributed by atoms with E-state index in [0.29, 0.717) is 18.2 Å². The molecule has 0 radical (unpaired) electrons. The predicted octanol–water partition coefficient (Wildman–Crippen LogP) is 4.56. The molecular weight excluding hydrogens is 539 g/mol. The summed E-state index contributed by atoms with van der Waals surface area (Å²) in [6.07, 6.45) is -13.3. The van der Waals surface area contributed by atoms with Gasteiger partial charge in [0.1, 0.15) is 23.7 Å². The summed E-state index contributed by atoms with van der Waals surface area (Å²) in [5.41, 5.74) is 1.76. The largest absolute Gasteiger partial charge is 0.484 e. The quantitative estimate of drug-likeness (QED) is 0.520. The van der Waals surface area contributed by atoms with Gasteiger partial charge in [-0.25, -0.2) is 17.6 Å². The normalized spacial score (nSPS) is 17.5. The maximum Gasteiger partial charge on any atom is 0.427 e. The van der Waals surface area contributed by atoms with Crippen molar-refractivity contribution >= 4 is 27.5 Å². The molecule has 3 N–H and O–H groups in total. The second kappa shape index (κ2) is 9.55. The highest BCUT2D eigenvalue weighted by Gasteiger charge is 2.51. The van der Waals surface area contributed by atoms with Gasteiger partial charge in [0.05, 0.1) is 17.1 Å². The maximum absolute atomic E-state index is 13.3. The lowest BCUT2D eigenvalue weighted by atomic mass is 10.1. The van der Waals surface area contributed by atoms with Gasteiger partial charge in [0.15, 0.2) is 0 Å². The van der Waals surface area contributed by atoms with Crippen molar-refractivity contribution in [1.29, 1.82) is 0 Å². The van der Waals surface area contributed by atoms with Crippen LogP contribution in [-0.2, 0) is 14.8 Å². The van der Waals surface area contributed by atoms with Crippen LogP contribution >= 0.6 is 0 Å². The summed E-state index contributed by atoms with van der Waals surface area (Å²) in [5.74, 6) is -1.15. The minimum atomic E-state index is -4.95. The van der Waals surface area contributed by atoms with Crippen LogP contribution in [0.5, 0.6) is 5.75 Å². The first kappa shape index (κ1) is 28.3. The fraction of sp³-hybridized carbons (Fsp3) is 0.381. The van der Waals surface area contributed by atoms with Gasteiger partial charge in [0, 0.05) is 5.69 Å². The summed E-state index contributed by atoms with van der Waals surface area (Å²) in [7, 11) is -4.63. The highest BCUT2D eigenvalue weighted by atomic mass is 32.2. The number of nitrogens with zero attached hydrogens (tertiary/aromatic N) is 1. The van der Waals surface area contributed by atoms with Crippen LogP contribution in [0.2, 0.25) is 0 Å². The van der Waals surface area contributed by atoms with E-state index < -0.39 is 63.5 Å². The average Bonchev–Trinajstić information content (AvgIpc) is 2.76. The van der Waals surface area contributed by atoms with Crippen molar-refractivity contribution in [3.8, 4) is 5.75 Å². The molecule has 0 fully saturated rings. The number of hydrogen-bond acceptors (Lipinski definition) is 6. The number of fused-ring (bicyclic) bond motifs is 1. The lowest BCUT2D eigenvalue weighted by Gasteiger charge is -2.38. The molecule has 0 spiro atoms. The zero-order valence-electron chi connectivity index (χ0n) is 19.0. The Morgan fingerprint density at radius 3 is 2.24 bits per heavy atom. The van der Waals surface area contributed by atoms with Gasteiger partial charge >= 0.3 is 18.4 Å². The molecule has 0 bridgehead atoms. The molecule has 1 amide bonds. The molecule has 2 atom stereocenters. The molecule has 2 aromatic rings. The molecule has 37 heavy (non-hydrogen) atoms. The van der Waals surface area contributed by atoms with Crippen molar-refractivity contribution in [3.05, 3.63) is 48.3 Å². The van der Waals surface area contributed by atoms with Crippen LogP contribution in [0.15, 0.2) is 47.4 Å². The first-order valence-electron chi connectivity index (χ1n) is 10.3. The number of halogens is 7. The molecule has 1 heterocycles. The number of nitrogens with one attached hydrogen (secondary N) is 1. The topological polar surface area (TPSA) is 111 Å². The van der Waals surface area contributed by atoms with Crippen LogP contribution in [0.1, 0.15) is 13.8 Å². The van der Waals surface area contributed by atoms with E-state index in [2.05, 4.69) is 4.74 Å². The van der Waals surface area contributed by atoms with E-state index in [1.807, 2.05) is 5.32 Å². The molecule has 0 saturated carbocycles. The molecule has 2 aromatic carbocycles. The van der Waals surface area contributed by atoms with Gasteiger partial charge < -0.3 is 15.2 Å². The van der Waals surface area contributed by atoms with Crippen LogP contribution in [0.3, 0.4) is 0 Å². The molecule has 8 nitrogen and oxygen atoms in total. The molecule has 16 heteroatoms. The van der Waals surface area contributed by atoms with Crippen molar-refractivity contribution < 1.29 is 53.4 Å². The number of carbonyl (C=O) groups excluding carboxylic acids is 1. The number of rotatable bonds is 5. The zero-order valence-corrected chi connectivity index (χ0v) is 19.8. The van der Waals surface area contributed by atoms with Gasteiger partial charge in [-0.3, -0.25) is 9.62 Å². The van der Waals surface area contributed by atoms with E-state index in [0.717, 1.165) is 42.5 Å².